The minimum absolute atomic E-state index is 0.108. The van der Waals surface area contributed by atoms with Crippen LogP contribution in [0.5, 0.6) is 34.5 Å². The van der Waals surface area contributed by atoms with Crippen LogP contribution in [-0.2, 0) is 64.6 Å². The van der Waals surface area contributed by atoms with Gasteiger partial charge in [-0.15, -0.1) is 0 Å². The van der Waals surface area contributed by atoms with Crippen LogP contribution < -0.4 is 0 Å². The van der Waals surface area contributed by atoms with E-state index in [-0.39, 0.29) is 86.2 Å². The van der Waals surface area contributed by atoms with E-state index >= 15 is 0 Å². The van der Waals surface area contributed by atoms with Gasteiger partial charge in [-0.05, 0) is 134 Å². The van der Waals surface area contributed by atoms with Crippen LogP contribution in [0, 0.1) is 0 Å². The fourth-order valence-corrected chi connectivity index (χ4v) is 9.26. The second-order valence-corrected chi connectivity index (χ2v) is 26.6. The lowest BCUT2D eigenvalue weighted by atomic mass is 9.80. The van der Waals surface area contributed by atoms with E-state index in [0.29, 0.717) is 57.3 Å². The molecule has 0 fully saturated rings. The Balaban J connectivity index is 1.46. The first kappa shape index (κ1) is 54.5. The van der Waals surface area contributed by atoms with Gasteiger partial charge >= 0.3 is 0 Å². The molecule has 0 saturated carbocycles. The molecule has 0 atom stereocenters. The average Bonchev–Trinajstić information content (AvgIpc) is 3.22. The summed E-state index contributed by atoms with van der Waals surface area (Å²) in [5, 5.41) is 71.2. The minimum atomic E-state index is -0.300. The third-order valence-corrected chi connectivity index (χ3v) is 14.3. The summed E-state index contributed by atoms with van der Waals surface area (Å²) in [6, 6.07) is 27.8. The zero-order valence-corrected chi connectivity index (χ0v) is 46.3. The van der Waals surface area contributed by atoms with Crippen LogP contribution >= 0.6 is 0 Å². The van der Waals surface area contributed by atoms with Crippen molar-refractivity contribution in [2.24, 2.45) is 0 Å². The van der Waals surface area contributed by atoms with Gasteiger partial charge in [0.2, 0.25) is 0 Å². The summed E-state index contributed by atoms with van der Waals surface area (Å²) in [5.41, 5.74) is 11.8. The number of aromatic hydroxyl groups is 6. The van der Waals surface area contributed by atoms with Gasteiger partial charge in [0.15, 0.2) is 0 Å². The number of rotatable bonds is 10. The Morgan fingerprint density at radius 3 is 0.549 bits per heavy atom. The maximum absolute atomic E-state index is 12.4. The monoisotopic (exact) mass is 961 g/mol. The van der Waals surface area contributed by atoms with Crippen molar-refractivity contribution in [2.45, 2.75) is 189 Å². The Morgan fingerprint density at radius 2 is 0.380 bits per heavy atom. The van der Waals surface area contributed by atoms with Crippen molar-refractivity contribution in [3.8, 4) is 34.5 Å². The quantitative estimate of drug-likeness (QED) is 0.0813. The molecular formula is C65H84O6. The van der Waals surface area contributed by atoms with Gasteiger partial charge in [-0.25, -0.2) is 0 Å². The van der Waals surface area contributed by atoms with Crippen molar-refractivity contribution in [3.05, 3.63) is 174 Å². The molecule has 380 valence electrons. The van der Waals surface area contributed by atoms with Crippen LogP contribution in [-0.4, -0.2) is 30.6 Å². The van der Waals surface area contributed by atoms with Crippen LogP contribution in [0.3, 0.4) is 0 Å². The highest BCUT2D eigenvalue weighted by Crippen LogP contribution is 2.43. The van der Waals surface area contributed by atoms with Gasteiger partial charge in [0, 0.05) is 32.1 Å². The smallest absolute Gasteiger partial charge is 0.122 e. The van der Waals surface area contributed by atoms with Gasteiger partial charge in [-0.2, -0.15) is 0 Å². The van der Waals surface area contributed by atoms with E-state index in [1.807, 2.05) is 72.8 Å². The third kappa shape index (κ3) is 12.6. The van der Waals surface area contributed by atoms with E-state index < -0.39 is 0 Å². The number of benzene rings is 6. The van der Waals surface area contributed by atoms with E-state index in [4.69, 9.17) is 0 Å². The molecule has 0 aromatic heterocycles. The summed E-state index contributed by atoms with van der Waals surface area (Å²) in [4.78, 5) is 0. The molecular weight excluding hydrogens is 877 g/mol. The van der Waals surface area contributed by atoms with Gasteiger partial charge < -0.3 is 30.6 Å². The number of hydrogen-bond acceptors (Lipinski definition) is 6. The van der Waals surface area contributed by atoms with Crippen molar-refractivity contribution in [3.63, 3.8) is 0 Å². The predicted molar refractivity (Wildman–Crippen MR) is 295 cm³/mol. The fraction of sp³-hybridized carbons (Fsp3) is 0.446. The third-order valence-electron chi connectivity index (χ3n) is 14.3. The first-order chi connectivity index (χ1) is 32.4. The Kier molecular flexibility index (Phi) is 14.8. The lowest BCUT2D eigenvalue weighted by molar-refractivity contribution is 0.451. The lowest BCUT2D eigenvalue weighted by Crippen LogP contribution is -2.15. The van der Waals surface area contributed by atoms with Gasteiger partial charge in [0.1, 0.15) is 34.5 Å². The summed E-state index contributed by atoms with van der Waals surface area (Å²) in [5.74, 6) is 0.853. The van der Waals surface area contributed by atoms with Gasteiger partial charge in [-0.3, -0.25) is 0 Å². The zero-order chi connectivity index (χ0) is 53.1. The summed E-state index contributed by atoms with van der Waals surface area (Å²) in [6.07, 6.45) is 1.40. The largest absolute Gasteiger partial charge is 0.508 e. The van der Waals surface area contributed by atoms with Crippen molar-refractivity contribution in [1.29, 1.82) is 0 Å². The van der Waals surface area contributed by atoms with E-state index in [2.05, 4.69) is 125 Å². The van der Waals surface area contributed by atoms with E-state index in [9.17, 15) is 30.6 Å². The molecule has 0 aliphatic heterocycles. The summed E-state index contributed by atoms with van der Waals surface area (Å²) in [7, 11) is 0. The zero-order valence-electron chi connectivity index (χ0n) is 46.3. The van der Waals surface area contributed by atoms with Crippen molar-refractivity contribution < 1.29 is 30.6 Å². The molecule has 0 unspecified atom stereocenters. The molecule has 0 aliphatic rings. The van der Waals surface area contributed by atoms with E-state index in [0.717, 1.165) is 44.5 Å². The standard InChI is InChI=1S/C65H84O6/c1-60(2,3)48-19-21-54(66)38(28-48)23-40-30-50(62(7,8)9)32-42(56(40)68)25-44-34-52(64(13,14)15)36-46(58(44)70)27-47-37-53(65(16,17)18)35-45(59(47)71)26-43-33-51(63(10,11)12)31-41(57(43)69)24-39-29-49(61(4,5)6)20-22-55(39)67/h19-22,28-37,66-71H,23-27H2,1-18H3. The van der Waals surface area contributed by atoms with Gasteiger partial charge in [-0.1, -0.05) is 197 Å². The van der Waals surface area contributed by atoms with E-state index in [1.54, 1.807) is 12.1 Å². The van der Waals surface area contributed by atoms with Crippen molar-refractivity contribution in [1.82, 2.24) is 0 Å². The van der Waals surface area contributed by atoms with Crippen LogP contribution in [0.4, 0.5) is 0 Å². The van der Waals surface area contributed by atoms with Crippen molar-refractivity contribution >= 4 is 0 Å². The van der Waals surface area contributed by atoms with Crippen LogP contribution in [0.15, 0.2) is 84.9 Å². The first-order valence-corrected chi connectivity index (χ1v) is 25.5. The molecule has 0 radical (unpaired) electrons. The molecule has 0 amide bonds. The highest BCUT2D eigenvalue weighted by atomic mass is 16.3. The van der Waals surface area contributed by atoms with Crippen LogP contribution in [0.25, 0.3) is 0 Å². The first-order valence-electron chi connectivity index (χ1n) is 25.5. The molecule has 6 aromatic rings. The second-order valence-electron chi connectivity index (χ2n) is 26.6. The second kappa shape index (κ2) is 19.3. The predicted octanol–water partition coefficient (Wildman–Crippen LogP) is 15.7. The molecule has 6 N–H and O–H groups in total. The summed E-state index contributed by atoms with van der Waals surface area (Å²) in [6.45, 7) is 38.6. The maximum atomic E-state index is 12.4. The number of phenols is 6. The normalized spacial score (nSPS) is 13.0. The lowest BCUT2D eigenvalue weighted by Gasteiger charge is -2.26. The topological polar surface area (TPSA) is 121 Å². The molecule has 0 bridgehead atoms. The average molecular weight is 961 g/mol. The Morgan fingerprint density at radius 1 is 0.225 bits per heavy atom. The number of phenolic OH excluding ortho intramolecular Hbond substituents is 6. The Labute approximate surface area is 426 Å². The number of hydrogen-bond donors (Lipinski definition) is 6. The molecule has 0 aliphatic carbocycles. The highest BCUT2D eigenvalue weighted by Gasteiger charge is 2.28. The molecule has 6 nitrogen and oxygen atoms in total. The molecule has 6 aromatic carbocycles. The molecule has 0 heterocycles. The maximum Gasteiger partial charge on any atom is 0.122 e. The fourth-order valence-electron chi connectivity index (χ4n) is 9.26. The Hall–Kier alpha value is -5.88. The van der Waals surface area contributed by atoms with Crippen molar-refractivity contribution in [2.75, 3.05) is 0 Å². The molecule has 6 heteroatoms. The Bertz CT molecular complexity index is 2740. The van der Waals surface area contributed by atoms with E-state index in [1.165, 1.54) is 0 Å². The molecule has 6 rings (SSSR count). The SMILES string of the molecule is CC(C)(C)c1ccc(O)c(Cc2cc(C(C)(C)C)cc(Cc3cc(C(C)(C)C)cc(Cc4cc(C(C)(C)C)cc(Cc5cc(C(C)(C)C)cc(Cc6cc(C(C)(C)C)ccc6O)c5O)c4O)c3O)c2O)c1. The highest BCUT2D eigenvalue weighted by molar-refractivity contribution is 5.58. The minimum Gasteiger partial charge on any atom is -0.508 e. The van der Waals surface area contributed by atoms with Gasteiger partial charge in [0.05, 0.1) is 0 Å². The van der Waals surface area contributed by atoms with Crippen LogP contribution in [0.1, 0.15) is 214 Å². The molecule has 71 heavy (non-hydrogen) atoms. The van der Waals surface area contributed by atoms with Crippen LogP contribution in [0.2, 0.25) is 0 Å². The van der Waals surface area contributed by atoms with Gasteiger partial charge in [0.25, 0.3) is 0 Å². The summed E-state index contributed by atoms with van der Waals surface area (Å²) < 4.78 is 0. The summed E-state index contributed by atoms with van der Waals surface area (Å²) >= 11 is 0. The molecule has 0 saturated heterocycles. The molecule has 0 spiro atoms.